The average molecular weight is 453 g/mol. The van der Waals surface area contributed by atoms with Crippen molar-refractivity contribution in [2.45, 2.75) is 64.0 Å². The summed E-state index contributed by atoms with van der Waals surface area (Å²) in [5, 5.41) is 14.5. The molecule has 0 heterocycles. The van der Waals surface area contributed by atoms with Gasteiger partial charge in [0.05, 0.1) is 6.42 Å². The summed E-state index contributed by atoms with van der Waals surface area (Å²) in [5.41, 5.74) is 3.30. The van der Waals surface area contributed by atoms with Gasteiger partial charge in [-0.2, -0.15) is 0 Å². The van der Waals surface area contributed by atoms with Crippen molar-refractivity contribution >= 4 is 18.0 Å². The predicted octanol–water partition coefficient (Wildman–Crippen LogP) is 4.45. The van der Waals surface area contributed by atoms with Gasteiger partial charge < -0.3 is 20.5 Å². The van der Waals surface area contributed by atoms with Gasteiger partial charge in [-0.15, -0.1) is 0 Å². The number of alkyl carbamates (subject to hydrolysis) is 1. The van der Waals surface area contributed by atoms with Crippen LogP contribution in [0.2, 0.25) is 0 Å². The number of carbonyl (C=O) groups is 3. The lowest BCUT2D eigenvalue weighted by Gasteiger charge is -2.31. The van der Waals surface area contributed by atoms with E-state index in [1.807, 2.05) is 50.2 Å². The highest BCUT2D eigenvalue weighted by Gasteiger charge is 2.36. The van der Waals surface area contributed by atoms with Crippen LogP contribution in [0.1, 0.15) is 63.5 Å². The molecule has 2 atom stereocenters. The molecular weight excluding hydrogens is 420 g/mol. The molecule has 0 saturated carbocycles. The number of rotatable bonds is 10. The first-order chi connectivity index (χ1) is 15.8. The van der Waals surface area contributed by atoms with Gasteiger partial charge in [-0.1, -0.05) is 68.8 Å². The van der Waals surface area contributed by atoms with Crippen LogP contribution in [0.15, 0.2) is 48.5 Å². The Morgan fingerprint density at radius 2 is 1.61 bits per heavy atom. The number of hydrogen-bond acceptors (Lipinski definition) is 4. The van der Waals surface area contributed by atoms with Gasteiger partial charge >= 0.3 is 12.1 Å². The molecule has 0 radical (unpaired) electrons. The molecule has 3 rings (SSSR count). The summed E-state index contributed by atoms with van der Waals surface area (Å²) in [4.78, 5) is 36.7. The van der Waals surface area contributed by atoms with E-state index in [1.54, 1.807) is 6.92 Å². The highest BCUT2D eigenvalue weighted by Crippen LogP contribution is 2.44. The third-order valence-corrected chi connectivity index (χ3v) is 6.22. The van der Waals surface area contributed by atoms with E-state index >= 15 is 0 Å². The number of carboxylic acids is 1. The average Bonchev–Trinajstić information content (AvgIpc) is 3.10. The van der Waals surface area contributed by atoms with Crippen LogP contribution >= 0.6 is 0 Å². The lowest BCUT2D eigenvalue weighted by Crippen LogP contribution is -2.58. The van der Waals surface area contributed by atoms with Gasteiger partial charge in [0, 0.05) is 12.0 Å². The Morgan fingerprint density at radius 3 is 2.12 bits per heavy atom. The summed E-state index contributed by atoms with van der Waals surface area (Å²) < 4.78 is 5.60. The summed E-state index contributed by atoms with van der Waals surface area (Å²) in [6, 6.07) is 15.7. The van der Waals surface area contributed by atoms with Crippen molar-refractivity contribution in [1.29, 1.82) is 0 Å². The minimum atomic E-state index is -1.21. The number of benzene rings is 2. The maximum Gasteiger partial charge on any atom is 0.408 e. The maximum absolute atomic E-state index is 13.0. The smallest absolute Gasteiger partial charge is 0.408 e. The Morgan fingerprint density at radius 1 is 1.03 bits per heavy atom. The molecule has 1 aliphatic rings. The lowest BCUT2D eigenvalue weighted by atomic mass is 9.94. The summed E-state index contributed by atoms with van der Waals surface area (Å²) in [6.45, 7) is 5.52. The van der Waals surface area contributed by atoms with Crippen LogP contribution < -0.4 is 10.6 Å². The zero-order chi connectivity index (χ0) is 24.0. The van der Waals surface area contributed by atoms with Gasteiger partial charge in [0.2, 0.25) is 5.91 Å². The van der Waals surface area contributed by atoms with E-state index in [0.29, 0.717) is 19.3 Å². The Balaban J connectivity index is 1.68. The second-order valence-electron chi connectivity index (χ2n) is 8.71. The van der Waals surface area contributed by atoms with Gasteiger partial charge in [-0.3, -0.25) is 9.59 Å². The first-order valence-electron chi connectivity index (χ1n) is 11.4. The largest absolute Gasteiger partial charge is 0.481 e. The third kappa shape index (κ3) is 5.53. The molecule has 0 spiro atoms. The summed E-state index contributed by atoms with van der Waals surface area (Å²) in [7, 11) is 0. The fourth-order valence-corrected chi connectivity index (χ4v) is 4.45. The molecule has 33 heavy (non-hydrogen) atoms. The minimum absolute atomic E-state index is 0.0746. The van der Waals surface area contributed by atoms with Crippen LogP contribution in [0.4, 0.5) is 4.79 Å². The Bertz CT molecular complexity index is 976. The molecule has 7 nitrogen and oxygen atoms in total. The highest BCUT2D eigenvalue weighted by atomic mass is 16.5. The standard InChI is InChI=1S/C26H32N2O5/c1-4-14-26(3,24(31)27-17(5-2)15-23(29)30)28-25(32)33-16-22-20-12-8-6-10-18(20)19-11-7-9-13-21(19)22/h6-13,17,22H,4-5,14-16H2,1-3H3,(H,27,31)(H,28,32)(H,29,30)/t17-,26?/m1/s1. The van der Waals surface area contributed by atoms with Gasteiger partial charge in [0.1, 0.15) is 12.1 Å². The number of nitrogens with one attached hydrogen (secondary N) is 2. The molecule has 0 fully saturated rings. The van der Waals surface area contributed by atoms with Crippen LogP contribution in [0.5, 0.6) is 0 Å². The van der Waals surface area contributed by atoms with Gasteiger partial charge in [0.25, 0.3) is 0 Å². The SMILES string of the molecule is CCCC(C)(NC(=O)OCC1c2ccccc2-c2ccccc21)C(=O)N[C@H](CC)CC(=O)O. The summed E-state index contributed by atoms with van der Waals surface area (Å²) in [5.74, 6) is -1.47. The zero-order valence-corrected chi connectivity index (χ0v) is 19.4. The lowest BCUT2D eigenvalue weighted by molar-refractivity contribution is -0.138. The van der Waals surface area contributed by atoms with Crippen molar-refractivity contribution in [3.05, 3.63) is 59.7 Å². The molecule has 0 aromatic heterocycles. The topological polar surface area (TPSA) is 105 Å². The van der Waals surface area contributed by atoms with Crippen LogP contribution in [0, 0.1) is 0 Å². The molecule has 0 aliphatic heterocycles. The Hall–Kier alpha value is -3.35. The van der Waals surface area contributed by atoms with E-state index in [2.05, 4.69) is 22.8 Å². The monoisotopic (exact) mass is 452 g/mol. The molecule has 1 unspecified atom stereocenters. The minimum Gasteiger partial charge on any atom is -0.481 e. The normalized spacial score (nSPS) is 15.0. The van der Waals surface area contributed by atoms with Crippen molar-refractivity contribution in [2.24, 2.45) is 0 Å². The van der Waals surface area contributed by atoms with Crippen molar-refractivity contribution in [2.75, 3.05) is 6.61 Å². The molecule has 3 N–H and O–H groups in total. The van der Waals surface area contributed by atoms with Crippen LogP contribution in [0.3, 0.4) is 0 Å². The number of aliphatic carboxylic acids is 1. The molecule has 2 amide bonds. The van der Waals surface area contributed by atoms with Gasteiger partial charge in [-0.25, -0.2) is 4.79 Å². The number of fused-ring (bicyclic) bond motifs is 3. The second kappa shape index (κ2) is 10.5. The van der Waals surface area contributed by atoms with E-state index in [-0.39, 0.29) is 18.9 Å². The Labute approximate surface area is 194 Å². The number of carboxylic acid groups (broad SMARTS) is 1. The maximum atomic E-state index is 13.0. The zero-order valence-electron chi connectivity index (χ0n) is 19.4. The first-order valence-corrected chi connectivity index (χ1v) is 11.4. The predicted molar refractivity (Wildman–Crippen MR) is 126 cm³/mol. The van der Waals surface area contributed by atoms with Crippen LogP contribution in [-0.2, 0) is 14.3 Å². The van der Waals surface area contributed by atoms with E-state index in [4.69, 9.17) is 9.84 Å². The van der Waals surface area contributed by atoms with E-state index < -0.39 is 29.6 Å². The molecule has 2 aromatic rings. The number of hydrogen-bond donors (Lipinski definition) is 3. The van der Waals surface area contributed by atoms with Crippen molar-refractivity contribution in [1.82, 2.24) is 10.6 Å². The van der Waals surface area contributed by atoms with Crippen molar-refractivity contribution in [3.63, 3.8) is 0 Å². The Kier molecular flexibility index (Phi) is 7.74. The van der Waals surface area contributed by atoms with Crippen LogP contribution in [0.25, 0.3) is 11.1 Å². The molecule has 0 saturated heterocycles. The van der Waals surface area contributed by atoms with Gasteiger partial charge in [0.15, 0.2) is 0 Å². The summed E-state index contributed by atoms with van der Waals surface area (Å²) >= 11 is 0. The molecule has 0 bridgehead atoms. The number of carbonyl (C=O) groups excluding carboxylic acids is 2. The quantitative estimate of drug-likeness (QED) is 0.494. The highest BCUT2D eigenvalue weighted by molar-refractivity contribution is 5.90. The van der Waals surface area contributed by atoms with E-state index in [0.717, 1.165) is 22.3 Å². The molecule has 176 valence electrons. The van der Waals surface area contributed by atoms with Crippen molar-refractivity contribution < 1.29 is 24.2 Å². The fraction of sp³-hybridized carbons (Fsp3) is 0.423. The number of amides is 2. The first kappa shape index (κ1) is 24.3. The third-order valence-electron chi connectivity index (χ3n) is 6.22. The molecule has 2 aromatic carbocycles. The van der Waals surface area contributed by atoms with Gasteiger partial charge in [-0.05, 0) is 42.0 Å². The van der Waals surface area contributed by atoms with E-state index in [1.165, 1.54) is 0 Å². The van der Waals surface area contributed by atoms with E-state index in [9.17, 15) is 14.4 Å². The second-order valence-corrected chi connectivity index (χ2v) is 8.71. The molecule has 7 heteroatoms. The number of ether oxygens (including phenoxy) is 1. The summed E-state index contributed by atoms with van der Waals surface area (Å²) in [6.07, 6.45) is 0.686. The fourth-order valence-electron chi connectivity index (χ4n) is 4.45. The van der Waals surface area contributed by atoms with Crippen molar-refractivity contribution in [3.8, 4) is 11.1 Å². The van der Waals surface area contributed by atoms with Crippen LogP contribution in [-0.4, -0.2) is 41.3 Å². The molecular formula is C26H32N2O5. The molecule has 1 aliphatic carbocycles.